The summed E-state index contributed by atoms with van der Waals surface area (Å²) in [6, 6.07) is 0. The van der Waals surface area contributed by atoms with E-state index in [0.717, 1.165) is 13.8 Å². The number of rotatable bonds is 0. The molecule has 0 atom stereocenters. The molecule has 0 aliphatic rings. The van der Waals surface area contributed by atoms with E-state index in [-0.39, 0.29) is 62.1 Å². The molecule has 48 valence electrons. The summed E-state index contributed by atoms with van der Waals surface area (Å²) >= 11 is 0. The third kappa shape index (κ3) is 967. The van der Waals surface area contributed by atoms with Crippen LogP contribution < -0.4 is 10.2 Å². The Hall–Kier alpha value is 0.953. The predicted octanol–water partition coefficient (Wildman–Crippen LogP) is -3.25. The van der Waals surface area contributed by atoms with Gasteiger partial charge in [-0.15, -0.1) is 0 Å². The minimum atomic E-state index is -1.08. The summed E-state index contributed by atoms with van der Waals surface area (Å²) in [7, 11) is 0. The molecule has 0 aromatic carbocycles. The van der Waals surface area contributed by atoms with Gasteiger partial charge in [0.1, 0.15) is 0 Å². The van der Waals surface area contributed by atoms with E-state index >= 15 is 0 Å². The van der Waals surface area contributed by atoms with Crippen molar-refractivity contribution in [1.82, 2.24) is 0 Å². The Bertz CT molecular complexity index is 80.1. The van der Waals surface area contributed by atoms with Gasteiger partial charge in [-0.05, 0) is 13.8 Å². The Morgan fingerprint density at radius 3 is 1.00 bits per heavy atom. The maximum Gasteiger partial charge on any atom is 4.00 e. The predicted molar refractivity (Wildman–Crippen MR) is 32.9 cm³/mol. The Morgan fingerprint density at radius 2 is 1.00 bits per heavy atom. The third-order valence-corrected chi connectivity index (χ3v) is 0. The molecule has 0 aliphatic carbocycles. The number of carboxylic acids is 2. The van der Waals surface area contributed by atoms with Gasteiger partial charge < -0.3 is 19.8 Å². The fourth-order valence-electron chi connectivity index (χ4n) is 0. The molecule has 0 N–H and O–H groups in total. The molecular formula is C4H6AlMgO4Ti+7. The minimum Gasteiger partial charge on any atom is -0.550 e. The fraction of sp³-hybridized carbons (Fsp3) is 0.500. The van der Waals surface area contributed by atoms with Crippen molar-refractivity contribution in [2.24, 2.45) is 0 Å². The molecule has 11 heavy (non-hydrogen) atoms. The summed E-state index contributed by atoms with van der Waals surface area (Å²) < 4.78 is 0. The van der Waals surface area contributed by atoms with Gasteiger partial charge in [0.15, 0.2) is 0 Å². The van der Waals surface area contributed by atoms with Crippen molar-refractivity contribution in [2.75, 3.05) is 0 Å². The van der Waals surface area contributed by atoms with E-state index in [4.69, 9.17) is 19.8 Å². The second-order valence-corrected chi connectivity index (χ2v) is 0.983. The molecule has 7 heteroatoms. The van der Waals surface area contributed by atoms with Crippen LogP contribution in [0.2, 0.25) is 0 Å². The van der Waals surface area contributed by atoms with E-state index in [1.54, 1.807) is 0 Å². The molecule has 4 nitrogen and oxygen atoms in total. The Morgan fingerprint density at radius 1 is 1.00 bits per heavy atom. The standard InChI is InChI=1S/2C2H4O2.Al.Mg.Ti/c2*1-2(3)4;;;/h2*1H3,(H,3,4);;;/q;;+3;+2;+4/p-2. The quantitative estimate of drug-likeness (QED) is 0.399. The molecule has 0 fully saturated rings. The van der Waals surface area contributed by atoms with Crippen LogP contribution in [-0.4, -0.2) is 52.4 Å². The molecule has 0 aliphatic heterocycles. The maximum absolute atomic E-state index is 8.89. The summed E-state index contributed by atoms with van der Waals surface area (Å²) in [4.78, 5) is 17.8. The Kier molecular flexibility index (Phi) is 60.5. The van der Waals surface area contributed by atoms with Crippen LogP contribution in [0.3, 0.4) is 0 Å². The van der Waals surface area contributed by atoms with Gasteiger partial charge in [-0.3, -0.25) is 0 Å². The fourth-order valence-corrected chi connectivity index (χ4v) is 0. The van der Waals surface area contributed by atoms with Crippen LogP contribution in [0.1, 0.15) is 13.8 Å². The number of aliphatic carboxylic acids is 2. The normalized spacial score (nSPS) is 4.55. The van der Waals surface area contributed by atoms with Gasteiger partial charge in [-0.25, -0.2) is 0 Å². The van der Waals surface area contributed by atoms with Crippen molar-refractivity contribution in [3.63, 3.8) is 0 Å². The molecule has 0 spiro atoms. The van der Waals surface area contributed by atoms with Gasteiger partial charge in [0.25, 0.3) is 0 Å². The average molecular weight is 217 g/mol. The largest absolute Gasteiger partial charge is 4.00 e. The molecule has 0 bridgehead atoms. The second-order valence-electron chi connectivity index (χ2n) is 0.983. The molecule has 0 rings (SSSR count). The second kappa shape index (κ2) is 22.4. The summed E-state index contributed by atoms with van der Waals surface area (Å²) in [5.74, 6) is -2.17. The molecular weight excluding hydrogens is 211 g/mol. The zero-order chi connectivity index (χ0) is 7.15. The Balaban J connectivity index is -0.0000000171. The zero-order valence-corrected chi connectivity index (χ0v) is 10.5. The molecule has 0 radical (unpaired) electrons. The van der Waals surface area contributed by atoms with Gasteiger partial charge in [0.2, 0.25) is 0 Å². The average Bonchev–Trinajstić information content (AvgIpc) is 1.25. The minimum absolute atomic E-state index is 0. The van der Waals surface area contributed by atoms with Crippen molar-refractivity contribution < 1.29 is 41.5 Å². The van der Waals surface area contributed by atoms with Gasteiger partial charge in [0.05, 0.1) is 0 Å². The summed E-state index contributed by atoms with van der Waals surface area (Å²) in [5.41, 5.74) is 0. The van der Waals surface area contributed by atoms with Crippen molar-refractivity contribution in [2.45, 2.75) is 13.8 Å². The smallest absolute Gasteiger partial charge is 0.550 e. The first kappa shape index (κ1) is 29.7. The summed E-state index contributed by atoms with van der Waals surface area (Å²) in [5, 5.41) is 17.8. The van der Waals surface area contributed by atoms with Crippen LogP contribution >= 0.6 is 0 Å². The van der Waals surface area contributed by atoms with Crippen LogP contribution in [0.15, 0.2) is 0 Å². The van der Waals surface area contributed by atoms with Crippen molar-refractivity contribution in [3.05, 3.63) is 0 Å². The molecule has 0 aromatic heterocycles. The first-order valence-corrected chi connectivity index (χ1v) is 1.82. The molecule has 0 saturated heterocycles. The van der Waals surface area contributed by atoms with E-state index in [1.165, 1.54) is 0 Å². The number of hydrogen-bond donors (Lipinski definition) is 0. The van der Waals surface area contributed by atoms with Crippen molar-refractivity contribution >= 4 is 52.4 Å². The number of carbonyl (C=O) groups excluding carboxylic acids is 2. The van der Waals surface area contributed by atoms with Gasteiger partial charge in [-0.1, -0.05) is 0 Å². The topological polar surface area (TPSA) is 80.3 Å². The van der Waals surface area contributed by atoms with Crippen LogP contribution in [0.5, 0.6) is 0 Å². The molecule has 0 unspecified atom stereocenters. The van der Waals surface area contributed by atoms with E-state index in [1.807, 2.05) is 0 Å². The molecule has 0 amide bonds. The Labute approximate surface area is 107 Å². The van der Waals surface area contributed by atoms with E-state index < -0.39 is 11.9 Å². The van der Waals surface area contributed by atoms with Crippen molar-refractivity contribution in [1.29, 1.82) is 0 Å². The van der Waals surface area contributed by atoms with E-state index in [0.29, 0.717) is 0 Å². The van der Waals surface area contributed by atoms with Gasteiger partial charge >= 0.3 is 62.1 Å². The van der Waals surface area contributed by atoms with E-state index in [9.17, 15) is 0 Å². The SMILES string of the molecule is CC(=O)[O-].CC(=O)[O-].[Al+3].[Mg+2].[Ti+4]. The van der Waals surface area contributed by atoms with Crippen LogP contribution in [0.4, 0.5) is 0 Å². The van der Waals surface area contributed by atoms with Crippen LogP contribution in [0, 0.1) is 0 Å². The molecule has 0 saturated carbocycles. The van der Waals surface area contributed by atoms with Crippen LogP contribution in [-0.2, 0) is 31.3 Å². The summed E-state index contributed by atoms with van der Waals surface area (Å²) in [6.07, 6.45) is 0. The third-order valence-electron chi connectivity index (χ3n) is 0. The number of carbonyl (C=O) groups is 2. The summed E-state index contributed by atoms with van der Waals surface area (Å²) in [6.45, 7) is 1.94. The van der Waals surface area contributed by atoms with Gasteiger partial charge in [-0.2, -0.15) is 0 Å². The van der Waals surface area contributed by atoms with E-state index in [2.05, 4.69) is 0 Å². The number of carboxylic acid groups (broad SMARTS) is 2. The van der Waals surface area contributed by atoms with Gasteiger partial charge in [0, 0.05) is 11.9 Å². The van der Waals surface area contributed by atoms with Crippen molar-refractivity contribution in [3.8, 4) is 0 Å². The molecule has 0 heterocycles. The zero-order valence-electron chi connectivity index (χ0n) is 6.42. The number of hydrogen-bond acceptors (Lipinski definition) is 4. The maximum atomic E-state index is 8.89. The monoisotopic (exact) mass is 217 g/mol. The van der Waals surface area contributed by atoms with Crippen LogP contribution in [0.25, 0.3) is 0 Å². The molecule has 0 aromatic rings. The first-order chi connectivity index (χ1) is 3.46. The first-order valence-electron chi connectivity index (χ1n) is 1.82.